The molecule has 0 aromatic carbocycles. The average molecular weight is 240 g/mol. The summed E-state index contributed by atoms with van der Waals surface area (Å²) in [6.45, 7) is 0. The Morgan fingerprint density at radius 3 is 2.60 bits per heavy atom. The molecule has 0 bridgehead atoms. The summed E-state index contributed by atoms with van der Waals surface area (Å²) in [5, 5.41) is 8.87. The third-order valence-corrected chi connectivity index (χ3v) is 3.25. The van der Waals surface area contributed by atoms with Gasteiger partial charge in [0.25, 0.3) is 0 Å². The summed E-state index contributed by atoms with van der Waals surface area (Å²) in [4.78, 5) is 0.619. The zero-order chi connectivity index (χ0) is 7.72. The normalized spacial score (nSPS) is 9.80. The van der Waals surface area contributed by atoms with Crippen LogP contribution in [-0.4, -0.2) is 5.17 Å². The lowest BCUT2D eigenvalue weighted by Gasteiger charge is -1.91. The van der Waals surface area contributed by atoms with Gasteiger partial charge in [-0.2, -0.15) is 0 Å². The molecule has 1 rings (SSSR count). The van der Waals surface area contributed by atoms with E-state index in [0.717, 1.165) is 4.47 Å². The number of halogens is 2. The number of nitrogens with one attached hydrogen (secondary N) is 1. The van der Waals surface area contributed by atoms with Gasteiger partial charge < -0.3 is 5.73 Å². The van der Waals surface area contributed by atoms with Crippen LogP contribution in [0.2, 0.25) is 0 Å². The van der Waals surface area contributed by atoms with Crippen molar-refractivity contribution < 1.29 is 0 Å². The van der Waals surface area contributed by atoms with Gasteiger partial charge in [0.05, 0.1) is 15.0 Å². The van der Waals surface area contributed by atoms with Crippen molar-refractivity contribution in [2.45, 2.75) is 0 Å². The molecule has 0 spiro atoms. The van der Waals surface area contributed by atoms with E-state index in [9.17, 15) is 0 Å². The Morgan fingerprint density at radius 1 is 1.80 bits per heavy atom. The van der Waals surface area contributed by atoms with Gasteiger partial charge in [0, 0.05) is 5.38 Å². The Morgan fingerprint density at radius 2 is 2.40 bits per heavy atom. The van der Waals surface area contributed by atoms with Crippen LogP contribution in [0.1, 0.15) is 4.88 Å². The van der Waals surface area contributed by atoms with E-state index in [1.807, 2.05) is 5.38 Å². The van der Waals surface area contributed by atoms with Crippen LogP contribution in [0, 0.1) is 5.41 Å². The molecule has 0 aliphatic rings. The first kappa shape index (κ1) is 8.04. The molecule has 0 aliphatic carbocycles. The Bertz CT molecular complexity index is 271. The largest absolute Gasteiger partial charge is 0.397 e. The van der Waals surface area contributed by atoms with Crippen LogP contribution in [0.25, 0.3) is 0 Å². The van der Waals surface area contributed by atoms with Gasteiger partial charge in [-0.05, 0) is 15.9 Å². The number of thiophene rings is 1. The number of anilines is 1. The van der Waals surface area contributed by atoms with Crippen molar-refractivity contribution in [3.63, 3.8) is 0 Å². The molecular formula is C5H4BrClN2S. The Balaban J connectivity index is 3.17. The Labute approximate surface area is 75.6 Å². The van der Waals surface area contributed by atoms with Crippen LogP contribution >= 0.6 is 38.9 Å². The van der Waals surface area contributed by atoms with E-state index in [-0.39, 0.29) is 5.17 Å². The molecule has 1 aromatic rings. The first-order valence-electron chi connectivity index (χ1n) is 2.40. The van der Waals surface area contributed by atoms with Gasteiger partial charge >= 0.3 is 0 Å². The lowest BCUT2D eigenvalue weighted by atomic mass is 10.4. The minimum Gasteiger partial charge on any atom is -0.397 e. The number of rotatable bonds is 1. The molecule has 0 unspecified atom stereocenters. The van der Waals surface area contributed by atoms with Gasteiger partial charge in [-0.25, -0.2) is 0 Å². The second-order valence-electron chi connectivity index (χ2n) is 1.64. The van der Waals surface area contributed by atoms with Crippen LogP contribution in [0.4, 0.5) is 5.69 Å². The number of hydrogen-bond acceptors (Lipinski definition) is 3. The van der Waals surface area contributed by atoms with Gasteiger partial charge in [0.2, 0.25) is 0 Å². The fourth-order valence-corrected chi connectivity index (χ4v) is 2.05. The molecule has 1 aromatic heterocycles. The summed E-state index contributed by atoms with van der Waals surface area (Å²) >= 11 is 9.99. The maximum Gasteiger partial charge on any atom is 0.140 e. The van der Waals surface area contributed by atoms with Gasteiger partial charge in [-0.15, -0.1) is 11.3 Å². The van der Waals surface area contributed by atoms with Crippen LogP contribution in [0.15, 0.2) is 9.85 Å². The van der Waals surface area contributed by atoms with E-state index in [2.05, 4.69) is 15.9 Å². The van der Waals surface area contributed by atoms with E-state index >= 15 is 0 Å². The Kier molecular flexibility index (Phi) is 2.33. The molecule has 0 atom stereocenters. The predicted molar refractivity (Wildman–Crippen MR) is 49.1 cm³/mol. The number of hydrogen-bond donors (Lipinski definition) is 2. The topological polar surface area (TPSA) is 49.9 Å². The second-order valence-corrected chi connectivity index (χ2v) is 3.75. The van der Waals surface area contributed by atoms with Gasteiger partial charge in [-0.1, -0.05) is 11.6 Å². The van der Waals surface area contributed by atoms with E-state index in [4.69, 9.17) is 22.7 Å². The summed E-state index contributed by atoms with van der Waals surface area (Å²) in [6, 6.07) is 0. The fraction of sp³-hybridized carbons (Fsp3) is 0. The molecule has 0 aliphatic heterocycles. The fourth-order valence-electron chi connectivity index (χ4n) is 0.516. The summed E-state index contributed by atoms with van der Waals surface area (Å²) in [5.74, 6) is 0. The van der Waals surface area contributed by atoms with Crippen molar-refractivity contribution in [3.8, 4) is 0 Å². The second kappa shape index (κ2) is 2.90. The molecule has 0 fully saturated rings. The van der Waals surface area contributed by atoms with Crippen LogP contribution < -0.4 is 5.73 Å². The van der Waals surface area contributed by atoms with E-state index in [1.54, 1.807) is 0 Å². The lowest BCUT2D eigenvalue weighted by Crippen LogP contribution is -1.91. The van der Waals surface area contributed by atoms with Crippen LogP contribution in [0.3, 0.4) is 0 Å². The van der Waals surface area contributed by atoms with E-state index in [0.29, 0.717) is 10.6 Å². The third-order valence-electron chi connectivity index (χ3n) is 0.982. The number of nitrogens with two attached hydrogens (primary N) is 1. The smallest absolute Gasteiger partial charge is 0.140 e. The van der Waals surface area contributed by atoms with Gasteiger partial charge in [-0.3, -0.25) is 5.41 Å². The average Bonchev–Trinajstić information content (AvgIpc) is 2.14. The zero-order valence-electron chi connectivity index (χ0n) is 4.82. The van der Waals surface area contributed by atoms with Crippen molar-refractivity contribution in [2.75, 3.05) is 5.73 Å². The number of nitrogen functional groups attached to an aromatic ring is 1. The van der Waals surface area contributed by atoms with Crippen molar-refractivity contribution in [3.05, 3.63) is 14.7 Å². The standard InChI is InChI=1S/C5H4BrClN2S/c6-2-1-10-4(3(2)8)5(7)9/h1,9H,8H2. The summed E-state index contributed by atoms with van der Waals surface area (Å²) in [7, 11) is 0. The molecule has 0 saturated heterocycles. The van der Waals surface area contributed by atoms with Crippen LogP contribution in [0.5, 0.6) is 0 Å². The van der Waals surface area contributed by atoms with Crippen molar-refractivity contribution >= 4 is 49.7 Å². The SMILES string of the molecule is N=C(Cl)c1scc(Br)c1N. The van der Waals surface area contributed by atoms with Gasteiger partial charge in [0.15, 0.2) is 0 Å². The molecule has 54 valence electrons. The highest BCUT2D eigenvalue weighted by molar-refractivity contribution is 9.10. The molecule has 0 radical (unpaired) electrons. The van der Waals surface area contributed by atoms with Crippen LogP contribution in [-0.2, 0) is 0 Å². The Hall–Kier alpha value is -0.0600. The maximum absolute atomic E-state index is 7.06. The summed E-state index contributed by atoms with van der Waals surface area (Å²) < 4.78 is 0.804. The summed E-state index contributed by atoms with van der Waals surface area (Å²) in [5.41, 5.74) is 6.09. The monoisotopic (exact) mass is 238 g/mol. The molecule has 0 saturated carbocycles. The molecule has 10 heavy (non-hydrogen) atoms. The highest BCUT2D eigenvalue weighted by Gasteiger charge is 2.08. The van der Waals surface area contributed by atoms with E-state index in [1.165, 1.54) is 11.3 Å². The summed E-state index contributed by atoms with van der Waals surface area (Å²) in [6.07, 6.45) is 0. The van der Waals surface area contributed by atoms with Crippen molar-refractivity contribution in [1.29, 1.82) is 5.41 Å². The van der Waals surface area contributed by atoms with Crippen molar-refractivity contribution in [1.82, 2.24) is 0 Å². The first-order valence-corrected chi connectivity index (χ1v) is 4.45. The van der Waals surface area contributed by atoms with Crippen molar-refractivity contribution in [2.24, 2.45) is 0 Å². The molecule has 3 N–H and O–H groups in total. The molecule has 1 heterocycles. The maximum atomic E-state index is 7.06. The highest BCUT2D eigenvalue weighted by Crippen LogP contribution is 2.30. The molecule has 2 nitrogen and oxygen atoms in total. The lowest BCUT2D eigenvalue weighted by molar-refractivity contribution is 1.55. The first-order chi connectivity index (χ1) is 4.63. The third kappa shape index (κ3) is 1.33. The molecular weight excluding hydrogens is 235 g/mol. The zero-order valence-corrected chi connectivity index (χ0v) is 7.98. The molecule has 5 heteroatoms. The quantitative estimate of drug-likeness (QED) is 0.727. The minimum absolute atomic E-state index is 0.00630. The highest BCUT2D eigenvalue weighted by atomic mass is 79.9. The van der Waals surface area contributed by atoms with Gasteiger partial charge in [0.1, 0.15) is 5.17 Å². The van der Waals surface area contributed by atoms with E-state index < -0.39 is 0 Å². The molecule has 0 amide bonds. The minimum atomic E-state index is -0.00630. The predicted octanol–water partition coefficient (Wildman–Crippen LogP) is 2.66.